The topological polar surface area (TPSA) is 76.0 Å². The van der Waals surface area contributed by atoms with Crippen LogP contribution in [0.2, 0.25) is 0 Å². The number of aromatic nitrogens is 2. The molecule has 6 heteroatoms. The molecule has 0 unspecified atom stereocenters. The molecule has 1 aliphatic rings. The number of nitrogens with one attached hydrogen (secondary N) is 2. The van der Waals surface area contributed by atoms with Crippen molar-refractivity contribution in [1.82, 2.24) is 20.4 Å². The molecule has 2 aromatic rings. The molecule has 2 amide bonds. The number of benzene rings is 1. The molecule has 0 bridgehead atoms. The Morgan fingerprint density at radius 1 is 1.23 bits per heavy atom. The van der Waals surface area contributed by atoms with E-state index in [0.29, 0.717) is 12.2 Å². The van der Waals surface area contributed by atoms with Gasteiger partial charge in [-0.05, 0) is 18.4 Å². The molecule has 1 aliphatic carbocycles. The molecule has 0 aliphatic heterocycles. The van der Waals surface area contributed by atoms with Gasteiger partial charge in [0, 0.05) is 19.2 Å². The number of amides is 2. The van der Waals surface area contributed by atoms with Crippen molar-refractivity contribution in [3.8, 4) is 0 Å². The lowest BCUT2D eigenvalue weighted by atomic mass is 10.2. The second-order valence-electron chi connectivity index (χ2n) is 5.38. The Kier molecular flexibility index (Phi) is 3.91. The fraction of sp³-hybridized carbons (Fsp3) is 0.312. The van der Waals surface area contributed by atoms with Crippen LogP contribution < -0.4 is 10.6 Å². The summed E-state index contributed by atoms with van der Waals surface area (Å²) in [5.41, 5.74) is 1.68. The SMILES string of the molecule is CNC(=O)c1cc(C(=O)NC2CC2)nn1Cc1ccccc1. The minimum atomic E-state index is -0.256. The molecular weight excluding hydrogens is 280 g/mol. The second kappa shape index (κ2) is 6.01. The molecule has 114 valence electrons. The van der Waals surface area contributed by atoms with E-state index in [1.54, 1.807) is 17.8 Å². The van der Waals surface area contributed by atoms with Crippen molar-refractivity contribution in [3.05, 3.63) is 53.3 Å². The first-order chi connectivity index (χ1) is 10.7. The highest BCUT2D eigenvalue weighted by Gasteiger charge is 2.26. The maximum Gasteiger partial charge on any atom is 0.272 e. The highest BCUT2D eigenvalue weighted by atomic mass is 16.2. The van der Waals surface area contributed by atoms with Gasteiger partial charge >= 0.3 is 0 Å². The lowest BCUT2D eigenvalue weighted by molar-refractivity contribution is 0.0940. The minimum Gasteiger partial charge on any atom is -0.354 e. The molecular formula is C16H18N4O2. The zero-order valence-electron chi connectivity index (χ0n) is 12.4. The van der Waals surface area contributed by atoms with Gasteiger partial charge in [0.1, 0.15) is 5.69 Å². The van der Waals surface area contributed by atoms with Crippen LogP contribution in [0.5, 0.6) is 0 Å². The maximum atomic E-state index is 12.1. The average Bonchev–Trinajstić information content (AvgIpc) is 3.25. The van der Waals surface area contributed by atoms with Gasteiger partial charge in [-0.1, -0.05) is 30.3 Å². The molecule has 0 radical (unpaired) electrons. The quantitative estimate of drug-likeness (QED) is 0.870. The molecule has 0 saturated heterocycles. The van der Waals surface area contributed by atoms with E-state index in [4.69, 9.17) is 0 Å². The van der Waals surface area contributed by atoms with Crippen LogP contribution in [0.1, 0.15) is 39.4 Å². The van der Waals surface area contributed by atoms with Crippen LogP contribution >= 0.6 is 0 Å². The Morgan fingerprint density at radius 2 is 1.95 bits per heavy atom. The first kappa shape index (κ1) is 14.3. The number of hydrogen-bond donors (Lipinski definition) is 2. The van der Waals surface area contributed by atoms with Crippen molar-refractivity contribution in [2.75, 3.05) is 7.05 Å². The standard InChI is InChI=1S/C16H18N4O2/c1-17-16(22)14-9-13(15(21)18-12-7-8-12)19-20(14)10-11-5-3-2-4-6-11/h2-6,9,12H,7-8,10H2,1H3,(H,17,22)(H,18,21). The first-order valence-corrected chi connectivity index (χ1v) is 7.32. The van der Waals surface area contributed by atoms with Gasteiger partial charge < -0.3 is 10.6 Å². The smallest absolute Gasteiger partial charge is 0.272 e. The third-order valence-electron chi connectivity index (χ3n) is 3.56. The van der Waals surface area contributed by atoms with E-state index in [0.717, 1.165) is 18.4 Å². The summed E-state index contributed by atoms with van der Waals surface area (Å²) in [6.07, 6.45) is 2.03. The van der Waals surface area contributed by atoms with Crippen LogP contribution in [0.4, 0.5) is 0 Å². The predicted octanol–water partition coefficient (Wildman–Crippen LogP) is 1.18. The van der Waals surface area contributed by atoms with Gasteiger partial charge in [-0.2, -0.15) is 5.10 Å². The van der Waals surface area contributed by atoms with Gasteiger partial charge in [-0.3, -0.25) is 14.3 Å². The number of nitrogens with zero attached hydrogens (tertiary/aromatic N) is 2. The van der Waals surface area contributed by atoms with E-state index in [1.807, 2.05) is 30.3 Å². The third kappa shape index (κ3) is 3.16. The normalized spacial score (nSPS) is 13.7. The van der Waals surface area contributed by atoms with Gasteiger partial charge in [0.2, 0.25) is 0 Å². The molecule has 22 heavy (non-hydrogen) atoms. The molecule has 1 heterocycles. The van der Waals surface area contributed by atoms with Crippen LogP contribution in [0, 0.1) is 0 Å². The largest absolute Gasteiger partial charge is 0.354 e. The summed E-state index contributed by atoms with van der Waals surface area (Å²) in [5, 5.41) is 9.77. The van der Waals surface area contributed by atoms with Crippen molar-refractivity contribution in [1.29, 1.82) is 0 Å². The highest BCUT2D eigenvalue weighted by Crippen LogP contribution is 2.19. The molecule has 0 atom stereocenters. The molecule has 6 nitrogen and oxygen atoms in total. The van der Waals surface area contributed by atoms with Crippen LogP contribution in [-0.2, 0) is 6.54 Å². The average molecular weight is 298 g/mol. The lowest BCUT2D eigenvalue weighted by Crippen LogP contribution is -2.25. The lowest BCUT2D eigenvalue weighted by Gasteiger charge is -2.06. The summed E-state index contributed by atoms with van der Waals surface area (Å²) in [4.78, 5) is 24.1. The van der Waals surface area contributed by atoms with E-state index in [2.05, 4.69) is 15.7 Å². The Morgan fingerprint density at radius 3 is 2.59 bits per heavy atom. The van der Waals surface area contributed by atoms with E-state index in [1.165, 1.54) is 0 Å². The van der Waals surface area contributed by atoms with Crippen molar-refractivity contribution < 1.29 is 9.59 Å². The van der Waals surface area contributed by atoms with Crippen LogP contribution in [0.3, 0.4) is 0 Å². The van der Waals surface area contributed by atoms with E-state index in [-0.39, 0.29) is 23.6 Å². The van der Waals surface area contributed by atoms with Gasteiger partial charge in [-0.25, -0.2) is 0 Å². The van der Waals surface area contributed by atoms with Gasteiger partial charge in [0.25, 0.3) is 11.8 Å². The van der Waals surface area contributed by atoms with Crippen LogP contribution in [-0.4, -0.2) is 34.7 Å². The number of carbonyl (C=O) groups is 2. The Labute approximate surface area is 128 Å². The summed E-state index contributed by atoms with van der Waals surface area (Å²) >= 11 is 0. The van der Waals surface area contributed by atoms with E-state index < -0.39 is 0 Å². The van der Waals surface area contributed by atoms with Crippen molar-refractivity contribution >= 4 is 11.8 Å². The number of carbonyl (C=O) groups excluding carboxylic acids is 2. The van der Waals surface area contributed by atoms with Gasteiger partial charge in [0.15, 0.2) is 5.69 Å². The molecule has 1 aromatic carbocycles. The Bertz CT molecular complexity index is 689. The zero-order valence-corrected chi connectivity index (χ0v) is 12.4. The van der Waals surface area contributed by atoms with Crippen molar-refractivity contribution in [3.63, 3.8) is 0 Å². The minimum absolute atomic E-state index is 0.223. The molecule has 1 fully saturated rings. The summed E-state index contributed by atoms with van der Waals surface area (Å²) in [7, 11) is 1.56. The van der Waals surface area contributed by atoms with E-state index in [9.17, 15) is 9.59 Å². The molecule has 1 saturated carbocycles. The van der Waals surface area contributed by atoms with E-state index >= 15 is 0 Å². The van der Waals surface area contributed by atoms with Gasteiger partial charge in [-0.15, -0.1) is 0 Å². The summed E-state index contributed by atoms with van der Waals surface area (Å²) in [5.74, 6) is -0.478. The van der Waals surface area contributed by atoms with Crippen LogP contribution in [0.15, 0.2) is 36.4 Å². The Balaban J connectivity index is 1.87. The van der Waals surface area contributed by atoms with Crippen molar-refractivity contribution in [2.24, 2.45) is 0 Å². The first-order valence-electron chi connectivity index (χ1n) is 7.32. The fourth-order valence-corrected chi connectivity index (χ4v) is 2.20. The van der Waals surface area contributed by atoms with Gasteiger partial charge in [0.05, 0.1) is 6.54 Å². The monoisotopic (exact) mass is 298 g/mol. The fourth-order valence-electron chi connectivity index (χ4n) is 2.20. The number of hydrogen-bond acceptors (Lipinski definition) is 3. The zero-order chi connectivity index (χ0) is 15.5. The second-order valence-corrected chi connectivity index (χ2v) is 5.38. The highest BCUT2D eigenvalue weighted by molar-refractivity contribution is 5.98. The predicted molar refractivity (Wildman–Crippen MR) is 81.6 cm³/mol. The summed E-state index contributed by atoms with van der Waals surface area (Å²) in [6.45, 7) is 0.445. The third-order valence-corrected chi connectivity index (χ3v) is 3.56. The molecule has 1 aromatic heterocycles. The maximum absolute atomic E-state index is 12.1. The number of rotatable bonds is 5. The molecule has 2 N–H and O–H groups in total. The summed E-state index contributed by atoms with van der Waals surface area (Å²) < 4.78 is 1.57. The molecule has 0 spiro atoms. The van der Waals surface area contributed by atoms with Crippen LogP contribution in [0.25, 0.3) is 0 Å². The Hall–Kier alpha value is -2.63. The molecule has 3 rings (SSSR count). The summed E-state index contributed by atoms with van der Waals surface area (Å²) in [6, 6.07) is 11.5. The van der Waals surface area contributed by atoms with Crippen molar-refractivity contribution in [2.45, 2.75) is 25.4 Å².